The first-order valence-electron chi connectivity index (χ1n) is 9.89. The normalized spacial score (nSPS) is 18.1. The van der Waals surface area contributed by atoms with Gasteiger partial charge in [0.05, 0.1) is 17.1 Å². The van der Waals surface area contributed by atoms with Gasteiger partial charge in [-0.05, 0) is 51.2 Å². The van der Waals surface area contributed by atoms with E-state index in [-0.39, 0.29) is 36.6 Å². The molecule has 5 nitrogen and oxygen atoms in total. The van der Waals surface area contributed by atoms with Crippen molar-refractivity contribution in [2.45, 2.75) is 65.0 Å². The molecule has 7 heteroatoms. The van der Waals surface area contributed by atoms with Crippen molar-refractivity contribution < 1.29 is 4.79 Å². The molecule has 0 saturated carbocycles. The van der Waals surface area contributed by atoms with Crippen LogP contribution in [-0.2, 0) is 4.79 Å². The van der Waals surface area contributed by atoms with Gasteiger partial charge in [0.15, 0.2) is 0 Å². The minimum absolute atomic E-state index is 0. The second-order valence-corrected chi connectivity index (χ2v) is 8.28. The van der Waals surface area contributed by atoms with Crippen molar-refractivity contribution >= 4 is 41.8 Å². The van der Waals surface area contributed by atoms with E-state index in [1.54, 1.807) is 0 Å². The maximum Gasteiger partial charge on any atom is 0.239 e. The van der Waals surface area contributed by atoms with Crippen LogP contribution in [0.25, 0.3) is 11.0 Å². The Morgan fingerprint density at radius 3 is 2.54 bits per heavy atom. The molecule has 2 N–H and O–H groups in total. The summed E-state index contributed by atoms with van der Waals surface area (Å²) >= 11 is 0. The average molecular weight is 429 g/mol. The second-order valence-electron chi connectivity index (χ2n) is 8.28. The van der Waals surface area contributed by atoms with Crippen LogP contribution >= 0.6 is 24.8 Å². The highest BCUT2D eigenvalue weighted by atomic mass is 35.5. The topological polar surface area (TPSA) is 64.2 Å². The number of carbonyl (C=O) groups excluding carboxylic acids is 1. The van der Waals surface area contributed by atoms with Crippen molar-refractivity contribution in [3.8, 4) is 0 Å². The van der Waals surface area contributed by atoms with Gasteiger partial charge in [0.1, 0.15) is 5.82 Å². The average Bonchev–Trinajstić information content (AvgIpc) is 3.00. The number of amides is 1. The van der Waals surface area contributed by atoms with Crippen LogP contribution in [0, 0.1) is 5.92 Å². The third kappa shape index (κ3) is 5.19. The number of benzene rings is 1. The number of halogens is 2. The standard InChI is InChI=1S/C21H32N4O.2ClH/c1-14(2)12-17(22)21(26)24-11-7-8-16(13-24)20-23-18-9-5-6-10-19(18)25(20)15(3)4;;/h5-6,9-10,14-17H,7-8,11-13,22H2,1-4H3;2*1H/t16?,17-;;/m0../s1. The van der Waals surface area contributed by atoms with E-state index in [9.17, 15) is 4.79 Å². The van der Waals surface area contributed by atoms with Crippen LogP contribution < -0.4 is 5.73 Å². The number of rotatable bonds is 5. The lowest BCUT2D eigenvalue weighted by Crippen LogP contribution is -2.48. The maximum atomic E-state index is 12.8. The van der Waals surface area contributed by atoms with E-state index in [1.807, 2.05) is 11.0 Å². The monoisotopic (exact) mass is 428 g/mol. The molecule has 0 spiro atoms. The van der Waals surface area contributed by atoms with Gasteiger partial charge in [0.25, 0.3) is 0 Å². The lowest BCUT2D eigenvalue weighted by Gasteiger charge is -2.34. The molecule has 1 unspecified atom stereocenters. The Labute approximate surface area is 180 Å². The smallest absolute Gasteiger partial charge is 0.239 e. The van der Waals surface area contributed by atoms with E-state index in [0.717, 1.165) is 43.7 Å². The summed E-state index contributed by atoms with van der Waals surface area (Å²) in [4.78, 5) is 19.7. The number of piperidine rings is 1. The summed E-state index contributed by atoms with van der Waals surface area (Å²) in [5.41, 5.74) is 8.38. The zero-order chi connectivity index (χ0) is 18.8. The van der Waals surface area contributed by atoms with Crippen molar-refractivity contribution in [2.24, 2.45) is 11.7 Å². The van der Waals surface area contributed by atoms with Crippen LogP contribution in [0.4, 0.5) is 0 Å². The van der Waals surface area contributed by atoms with E-state index in [1.165, 1.54) is 5.52 Å². The Balaban J connectivity index is 0.00000196. The van der Waals surface area contributed by atoms with Gasteiger partial charge in [0, 0.05) is 25.0 Å². The van der Waals surface area contributed by atoms with Crippen molar-refractivity contribution in [3.05, 3.63) is 30.1 Å². The number of nitrogens with zero attached hydrogens (tertiary/aromatic N) is 3. The molecule has 158 valence electrons. The fourth-order valence-electron chi connectivity index (χ4n) is 4.13. The lowest BCUT2D eigenvalue weighted by atomic mass is 9.95. The number of likely N-dealkylation sites (tertiary alicyclic amines) is 1. The Morgan fingerprint density at radius 1 is 1.21 bits per heavy atom. The van der Waals surface area contributed by atoms with Crippen LogP contribution in [0.1, 0.15) is 64.7 Å². The Hall–Kier alpha value is -1.30. The SMILES string of the molecule is CC(C)C[C@H](N)C(=O)N1CCCC(c2nc3ccccc3n2C(C)C)C1.Cl.Cl. The molecule has 0 aliphatic carbocycles. The van der Waals surface area contributed by atoms with Gasteiger partial charge < -0.3 is 15.2 Å². The molecular formula is C21H34Cl2N4O. The maximum absolute atomic E-state index is 12.8. The summed E-state index contributed by atoms with van der Waals surface area (Å²) in [6.45, 7) is 10.1. The Morgan fingerprint density at radius 2 is 1.89 bits per heavy atom. The van der Waals surface area contributed by atoms with E-state index in [2.05, 4.69) is 50.5 Å². The minimum atomic E-state index is -0.391. The van der Waals surface area contributed by atoms with Gasteiger partial charge in [-0.15, -0.1) is 24.8 Å². The molecule has 3 rings (SSSR count). The second kappa shape index (κ2) is 10.5. The minimum Gasteiger partial charge on any atom is -0.341 e. The van der Waals surface area contributed by atoms with Crippen molar-refractivity contribution in [1.29, 1.82) is 0 Å². The highest BCUT2D eigenvalue weighted by molar-refractivity contribution is 5.85. The fraction of sp³-hybridized carbons (Fsp3) is 0.619. The molecule has 1 amide bonds. The first-order chi connectivity index (χ1) is 12.4. The molecule has 2 atom stereocenters. The molecule has 2 aromatic rings. The largest absolute Gasteiger partial charge is 0.341 e. The first-order valence-corrected chi connectivity index (χ1v) is 9.89. The first kappa shape index (κ1) is 24.7. The van der Waals surface area contributed by atoms with E-state index >= 15 is 0 Å². The predicted octanol–water partition coefficient (Wildman–Crippen LogP) is 4.54. The summed E-state index contributed by atoms with van der Waals surface area (Å²) in [7, 11) is 0. The number of hydrogen-bond acceptors (Lipinski definition) is 3. The molecule has 1 aliphatic rings. The zero-order valence-electron chi connectivity index (χ0n) is 17.3. The third-order valence-corrected chi connectivity index (χ3v) is 5.28. The number of fused-ring (bicyclic) bond motifs is 1. The molecule has 1 fully saturated rings. The number of aromatic nitrogens is 2. The molecule has 1 aromatic heterocycles. The molecule has 1 aliphatic heterocycles. The van der Waals surface area contributed by atoms with Crippen molar-refractivity contribution in [1.82, 2.24) is 14.5 Å². The van der Waals surface area contributed by atoms with Crippen molar-refractivity contribution in [3.63, 3.8) is 0 Å². The number of imidazole rings is 1. The molecule has 1 aromatic carbocycles. The number of nitrogens with two attached hydrogens (primary N) is 1. The highest BCUT2D eigenvalue weighted by Gasteiger charge is 2.31. The van der Waals surface area contributed by atoms with E-state index in [4.69, 9.17) is 10.7 Å². The van der Waals surface area contributed by atoms with Crippen LogP contribution in [0.15, 0.2) is 24.3 Å². The third-order valence-electron chi connectivity index (χ3n) is 5.28. The lowest BCUT2D eigenvalue weighted by molar-refractivity contribution is -0.134. The van der Waals surface area contributed by atoms with Gasteiger partial charge in [0.2, 0.25) is 5.91 Å². The number of hydrogen-bond donors (Lipinski definition) is 1. The number of para-hydroxylation sites is 2. The molecule has 28 heavy (non-hydrogen) atoms. The Kier molecular flexibility index (Phi) is 9.25. The number of carbonyl (C=O) groups is 1. The molecule has 0 radical (unpaired) electrons. The molecular weight excluding hydrogens is 395 g/mol. The van der Waals surface area contributed by atoms with Crippen LogP contribution in [0.5, 0.6) is 0 Å². The van der Waals surface area contributed by atoms with Crippen LogP contribution in [0.2, 0.25) is 0 Å². The zero-order valence-corrected chi connectivity index (χ0v) is 18.9. The summed E-state index contributed by atoms with van der Waals surface area (Å²) in [5.74, 6) is 1.90. The van der Waals surface area contributed by atoms with Crippen LogP contribution in [-0.4, -0.2) is 39.5 Å². The summed E-state index contributed by atoms with van der Waals surface area (Å²) in [6, 6.07) is 8.25. The summed E-state index contributed by atoms with van der Waals surface area (Å²) in [5, 5.41) is 0. The molecule has 2 heterocycles. The van der Waals surface area contributed by atoms with Gasteiger partial charge >= 0.3 is 0 Å². The van der Waals surface area contributed by atoms with Gasteiger partial charge in [-0.1, -0.05) is 26.0 Å². The van der Waals surface area contributed by atoms with Gasteiger partial charge in [-0.25, -0.2) is 4.98 Å². The summed E-state index contributed by atoms with van der Waals surface area (Å²) in [6.07, 6.45) is 2.82. The fourth-order valence-corrected chi connectivity index (χ4v) is 4.13. The van der Waals surface area contributed by atoms with Crippen molar-refractivity contribution in [2.75, 3.05) is 13.1 Å². The predicted molar refractivity (Wildman–Crippen MR) is 121 cm³/mol. The van der Waals surface area contributed by atoms with Gasteiger partial charge in [-0.3, -0.25) is 4.79 Å². The molecule has 1 saturated heterocycles. The van der Waals surface area contributed by atoms with E-state index in [0.29, 0.717) is 12.0 Å². The Bertz CT molecular complexity index is 775. The van der Waals surface area contributed by atoms with E-state index < -0.39 is 6.04 Å². The summed E-state index contributed by atoms with van der Waals surface area (Å²) < 4.78 is 2.34. The van der Waals surface area contributed by atoms with Crippen LogP contribution in [0.3, 0.4) is 0 Å². The molecule has 0 bridgehead atoms. The quantitative estimate of drug-likeness (QED) is 0.759. The highest BCUT2D eigenvalue weighted by Crippen LogP contribution is 2.31. The van der Waals surface area contributed by atoms with Gasteiger partial charge in [-0.2, -0.15) is 0 Å².